The van der Waals surface area contributed by atoms with Crippen molar-refractivity contribution in [2.75, 3.05) is 0 Å². The van der Waals surface area contributed by atoms with Crippen LogP contribution in [0, 0.1) is 24.2 Å². The number of rotatable bonds is 6. The molecular weight excluding hydrogens is 470 g/mol. The Morgan fingerprint density at radius 1 is 1.22 bits per heavy atom. The van der Waals surface area contributed by atoms with E-state index in [2.05, 4.69) is 23.7 Å². The first kappa shape index (κ1) is 24.9. The minimum absolute atomic E-state index is 0.00758. The molecule has 7 heteroatoms. The summed E-state index contributed by atoms with van der Waals surface area (Å²) in [5.41, 5.74) is 2.84. The average molecular weight is 499 g/mol. The predicted molar refractivity (Wildman–Crippen MR) is 137 cm³/mol. The Hall–Kier alpha value is -3.79. The first-order valence-corrected chi connectivity index (χ1v) is 12.7. The molecule has 2 aliphatic rings. The van der Waals surface area contributed by atoms with Gasteiger partial charge in [0.1, 0.15) is 12.5 Å². The fourth-order valence-electron chi connectivity index (χ4n) is 5.71. The second-order valence-corrected chi connectivity index (χ2v) is 10.3. The predicted octanol–water partition coefficient (Wildman–Crippen LogP) is 6.83. The molecule has 0 amide bonds. The Morgan fingerprint density at radius 3 is 2.76 bits per heavy atom. The Morgan fingerprint density at radius 2 is 2.03 bits per heavy atom. The highest BCUT2D eigenvalue weighted by Gasteiger charge is 2.49. The van der Waals surface area contributed by atoms with E-state index in [-0.39, 0.29) is 28.9 Å². The van der Waals surface area contributed by atoms with Gasteiger partial charge in [-0.2, -0.15) is 0 Å². The van der Waals surface area contributed by atoms with E-state index < -0.39 is 12.1 Å². The van der Waals surface area contributed by atoms with Crippen LogP contribution in [0.2, 0.25) is 0 Å². The minimum atomic E-state index is -0.724. The van der Waals surface area contributed by atoms with E-state index in [1.54, 1.807) is 30.3 Å². The molecule has 0 saturated carbocycles. The number of carbonyl (C=O) groups excluding carboxylic acids is 1. The molecule has 188 valence electrons. The summed E-state index contributed by atoms with van der Waals surface area (Å²) in [5.74, 6) is 0.236. The summed E-state index contributed by atoms with van der Waals surface area (Å²) >= 11 is 0. The summed E-state index contributed by atoms with van der Waals surface area (Å²) in [6.45, 7) is 11.2. The van der Waals surface area contributed by atoms with Crippen LogP contribution in [0.25, 0.3) is 27.5 Å². The van der Waals surface area contributed by atoms with E-state index in [0.717, 1.165) is 24.1 Å². The number of benzene rings is 1. The Balaban J connectivity index is 1.83. The number of halogens is 2. The van der Waals surface area contributed by atoms with E-state index in [1.807, 2.05) is 6.08 Å². The van der Waals surface area contributed by atoms with E-state index in [0.29, 0.717) is 47.8 Å². The lowest BCUT2D eigenvalue weighted by atomic mass is 9.58. The van der Waals surface area contributed by atoms with Crippen LogP contribution in [-0.4, -0.2) is 20.7 Å². The van der Waals surface area contributed by atoms with Gasteiger partial charge in [-0.05, 0) is 61.8 Å². The SMILES string of the molecule is [C-]#[N+]C1=C[C@@]2(CCC(C)C)c3nc(-c4ccnc(CF)c4)nc(-c4ccccc4F)c3CC[C@@H]2CC1=O. The number of fused-ring (bicyclic) bond motifs is 3. The maximum absolute atomic E-state index is 15.1. The fourth-order valence-corrected chi connectivity index (χ4v) is 5.71. The Kier molecular flexibility index (Phi) is 6.68. The minimum Gasteiger partial charge on any atom is -0.308 e. The molecule has 3 aromatic rings. The first-order valence-electron chi connectivity index (χ1n) is 12.7. The van der Waals surface area contributed by atoms with Crippen LogP contribution in [0.1, 0.15) is 56.5 Å². The summed E-state index contributed by atoms with van der Waals surface area (Å²) < 4.78 is 28.6. The van der Waals surface area contributed by atoms with Crippen LogP contribution in [0.15, 0.2) is 54.4 Å². The average Bonchev–Trinajstić information content (AvgIpc) is 2.91. The monoisotopic (exact) mass is 498 g/mol. The maximum atomic E-state index is 15.1. The fraction of sp³-hybridized carbons (Fsp3) is 0.367. The molecule has 5 rings (SSSR count). The molecule has 1 aromatic carbocycles. The molecule has 0 aliphatic heterocycles. The molecule has 0 fully saturated rings. The maximum Gasteiger partial charge on any atom is 0.226 e. The van der Waals surface area contributed by atoms with E-state index in [1.165, 1.54) is 12.3 Å². The standard InChI is InChI=1S/C30H28F2N4O/c1-18(2)10-12-30-16-25(33-3)26(37)15-20(30)8-9-23-27(22-6-4-5-7-24(22)32)35-29(36-28(23)30)19-11-13-34-21(14-19)17-31/h4-7,11,13-14,16,18,20H,8-10,12,15,17H2,1-2H3/t20-,30-/m1/s1. The highest BCUT2D eigenvalue weighted by atomic mass is 19.1. The molecule has 0 unspecified atom stereocenters. The highest BCUT2D eigenvalue weighted by molar-refractivity contribution is 5.98. The molecule has 0 N–H and O–H groups in total. The van der Waals surface area contributed by atoms with Crippen molar-refractivity contribution in [2.45, 2.75) is 58.0 Å². The van der Waals surface area contributed by atoms with Gasteiger partial charge >= 0.3 is 0 Å². The van der Waals surface area contributed by atoms with Gasteiger partial charge in [0.2, 0.25) is 5.70 Å². The van der Waals surface area contributed by atoms with Gasteiger partial charge in [-0.3, -0.25) is 4.98 Å². The molecule has 0 saturated heterocycles. The number of Topliss-reactive ketones (excluding diaryl/α,β-unsaturated/α-hetero) is 1. The number of alkyl halides is 1. The van der Waals surface area contributed by atoms with Gasteiger partial charge in [0.15, 0.2) is 11.6 Å². The molecule has 0 spiro atoms. The van der Waals surface area contributed by atoms with Crippen molar-refractivity contribution >= 4 is 5.78 Å². The van der Waals surface area contributed by atoms with E-state index >= 15 is 4.39 Å². The van der Waals surface area contributed by atoms with Crippen LogP contribution in [0.3, 0.4) is 0 Å². The van der Waals surface area contributed by atoms with Crippen LogP contribution < -0.4 is 0 Å². The van der Waals surface area contributed by atoms with Gasteiger partial charge in [-0.25, -0.2) is 23.6 Å². The van der Waals surface area contributed by atoms with Crippen molar-refractivity contribution < 1.29 is 13.6 Å². The number of nitrogens with zero attached hydrogens (tertiary/aromatic N) is 4. The van der Waals surface area contributed by atoms with Crippen LogP contribution in [0.5, 0.6) is 0 Å². The molecule has 37 heavy (non-hydrogen) atoms. The number of hydrogen-bond donors (Lipinski definition) is 0. The zero-order chi connectivity index (χ0) is 26.2. The van der Waals surface area contributed by atoms with Gasteiger partial charge < -0.3 is 4.79 Å². The molecule has 2 aliphatic carbocycles. The summed E-state index contributed by atoms with van der Waals surface area (Å²) in [7, 11) is 0. The summed E-state index contributed by atoms with van der Waals surface area (Å²) in [5, 5.41) is 0. The smallest absolute Gasteiger partial charge is 0.226 e. The second kappa shape index (κ2) is 9.93. The molecule has 2 atom stereocenters. The van der Waals surface area contributed by atoms with E-state index in [4.69, 9.17) is 16.5 Å². The number of ketones is 1. The lowest BCUT2D eigenvalue weighted by Crippen LogP contribution is -2.44. The number of allylic oxidation sites excluding steroid dienone is 2. The highest BCUT2D eigenvalue weighted by Crippen LogP contribution is 2.52. The van der Waals surface area contributed by atoms with Gasteiger partial charge in [-0.1, -0.05) is 32.1 Å². The van der Waals surface area contributed by atoms with Crippen molar-refractivity contribution in [2.24, 2.45) is 11.8 Å². The van der Waals surface area contributed by atoms with Crippen molar-refractivity contribution in [3.05, 3.63) is 88.6 Å². The third-order valence-electron chi connectivity index (χ3n) is 7.63. The van der Waals surface area contributed by atoms with Crippen LogP contribution in [0.4, 0.5) is 8.78 Å². The van der Waals surface area contributed by atoms with Crippen molar-refractivity contribution in [1.29, 1.82) is 0 Å². The molecule has 0 bridgehead atoms. The van der Waals surface area contributed by atoms with Gasteiger partial charge in [0.05, 0.1) is 23.7 Å². The van der Waals surface area contributed by atoms with Crippen molar-refractivity contribution in [3.8, 4) is 22.6 Å². The first-order chi connectivity index (χ1) is 17.9. The van der Waals surface area contributed by atoms with Gasteiger partial charge in [-0.15, -0.1) is 0 Å². The van der Waals surface area contributed by atoms with Crippen LogP contribution >= 0.6 is 0 Å². The zero-order valence-corrected chi connectivity index (χ0v) is 21.0. The summed E-state index contributed by atoms with van der Waals surface area (Å²) in [4.78, 5) is 30.3. The summed E-state index contributed by atoms with van der Waals surface area (Å²) in [6.07, 6.45) is 6.57. The molecule has 5 nitrogen and oxygen atoms in total. The third-order valence-corrected chi connectivity index (χ3v) is 7.63. The molecule has 2 aromatic heterocycles. The lowest BCUT2D eigenvalue weighted by Gasteiger charge is -2.46. The number of carbonyl (C=O) groups is 1. The van der Waals surface area contributed by atoms with E-state index in [9.17, 15) is 9.18 Å². The topological polar surface area (TPSA) is 60.1 Å². The molecule has 2 heterocycles. The number of hydrogen-bond acceptors (Lipinski definition) is 4. The Bertz CT molecular complexity index is 1440. The lowest BCUT2D eigenvalue weighted by molar-refractivity contribution is -0.117. The van der Waals surface area contributed by atoms with Crippen LogP contribution in [-0.2, 0) is 23.3 Å². The largest absolute Gasteiger partial charge is 0.308 e. The van der Waals surface area contributed by atoms with Gasteiger partial charge in [0.25, 0.3) is 0 Å². The third kappa shape index (κ3) is 4.46. The second-order valence-electron chi connectivity index (χ2n) is 10.3. The summed E-state index contributed by atoms with van der Waals surface area (Å²) in [6, 6.07) is 9.86. The molecule has 0 radical (unpaired) electrons. The number of aromatic nitrogens is 3. The van der Waals surface area contributed by atoms with Crippen molar-refractivity contribution in [3.63, 3.8) is 0 Å². The normalized spacial score (nSPS) is 20.7. The Labute approximate surface area is 215 Å². The van der Waals surface area contributed by atoms with Crippen molar-refractivity contribution in [1.82, 2.24) is 15.0 Å². The zero-order valence-electron chi connectivity index (χ0n) is 21.0. The molecular formula is C30H28F2N4O. The number of pyridine rings is 1. The van der Waals surface area contributed by atoms with Gasteiger partial charge in [0, 0.05) is 34.7 Å². The quantitative estimate of drug-likeness (QED) is 0.350.